The van der Waals surface area contributed by atoms with Crippen LogP contribution < -0.4 is 5.32 Å². The Morgan fingerprint density at radius 3 is 2.73 bits per heavy atom. The molecule has 0 spiro atoms. The molecule has 0 amide bonds. The molecule has 2 saturated heterocycles. The Balaban J connectivity index is 0.00000320. The number of methoxy groups -OCH3 is 1. The smallest absolute Gasteiger partial charge is 0.194 e. The summed E-state index contributed by atoms with van der Waals surface area (Å²) in [5.74, 6) is 1.77. The summed E-state index contributed by atoms with van der Waals surface area (Å²) >= 11 is 0. The van der Waals surface area contributed by atoms with Crippen LogP contribution in [-0.2, 0) is 16.0 Å². The molecule has 2 aliphatic rings. The highest BCUT2D eigenvalue weighted by atomic mass is 127. The second kappa shape index (κ2) is 14.2. The van der Waals surface area contributed by atoms with Gasteiger partial charge in [-0.15, -0.1) is 24.0 Å². The van der Waals surface area contributed by atoms with Crippen LogP contribution >= 0.6 is 24.0 Å². The van der Waals surface area contributed by atoms with Crippen LogP contribution in [0.25, 0.3) is 0 Å². The maximum atomic E-state index is 5.56. The Hall–Kier alpha value is -0.900. The third kappa shape index (κ3) is 7.66. The van der Waals surface area contributed by atoms with Gasteiger partial charge in [0.25, 0.3) is 0 Å². The van der Waals surface area contributed by atoms with E-state index in [4.69, 9.17) is 14.5 Å². The number of benzene rings is 1. The summed E-state index contributed by atoms with van der Waals surface area (Å²) in [4.78, 5) is 9.99. The average molecular weight is 530 g/mol. The van der Waals surface area contributed by atoms with Crippen LogP contribution in [-0.4, -0.2) is 81.5 Å². The van der Waals surface area contributed by atoms with Crippen LogP contribution in [0.5, 0.6) is 0 Å². The van der Waals surface area contributed by atoms with Crippen molar-refractivity contribution in [1.82, 2.24) is 15.1 Å². The molecule has 170 valence electrons. The number of guanidine groups is 1. The van der Waals surface area contributed by atoms with E-state index in [0.29, 0.717) is 32.4 Å². The Morgan fingerprint density at radius 1 is 1.13 bits per heavy atom. The average Bonchev–Trinajstić information content (AvgIpc) is 2.76. The number of nitrogens with zero attached hydrogens (tertiary/aromatic N) is 3. The van der Waals surface area contributed by atoms with Gasteiger partial charge in [0.1, 0.15) is 0 Å². The number of likely N-dealkylation sites (tertiary alicyclic amines) is 2. The molecule has 2 heterocycles. The lowest BCUT2D eigenvalue weighted by Gasteiger charge is -2.48. The number of ether oxygens (including phenoxy) is 2. The third-order valence-corrected chi connectivity index (χ3v) is 5.97. The Morgan fingerprint density at radius 2 is 1.97 bits per heavy atom. The molecule has 6 nitrogen and oxygen atoms in total. The van der Waals surface area contributed by atoms with Crippen molar-refractivity contribution in [2.24, 2.45) is 10.9 Å². The predicted octanol–water partition coefficient (Wildman–Crippen LogP) is 3.22. The molecule has 1 aromatic carbocycles. The van der Waals surface area contributed by atoms with Crippen LogP contribution in [0.2, 0.25) is 0 Å². The van der Waals surface area contributed by atoms with E-state index in [1.54, 1.807) is 7.11 Å². The van der Waals surface area contributed by atoms with Gasteiger partial charge in [0.15, 0.2) is 5.96 Å². The maximum Gasteiger partial charge on any atom is 0.194 e. The van der Waals surface area contributed by atoms with Gasteiger partial charge in [-0.25, -0.2) is 0 Å². The zero-order chi connectivity index (χ0) is 20.3. The summed E-state index contributed by atoms with van der Waals surface area (Å²) in [6.45, 7) is 10.1. The number of rotatable bonds is 9. The molecule has 7 heteroatoms. The summed E-state index contributed by atoms with van der Waals surface area (Å²) < 4.78 is 10.6. The van der Waals surface area contributed by atoms with Crippen LogP contribution in [0.4, 0.5) is 0 Å². The van der Waals surface area contributed by atoms with E-state index in [1.165, 1.54) is 31.4 Å². The van der Waals surface area contributed by atoms with Crippen molar-refractivity contribution in [2.45, 2.75) is 38.8 Å². The molecular formula is C23H39IN4O2. The fourth-order valence-electron chi connectivity index (χ4n) is 4.60. The van der Waals surface area contributed by atoms with Crippen molar-refractivity contribution in [1.29, 1.82) is 0 Å². The number of nitrogens with one attached hydrogen (secondary N) is 1. The first-order chi connectivity index (χ1) is 14.3. The molecule has 30 heavy (non-hydrogen) atoms. The van der Waals surface area contributed by atoms with Crippen LogP contribution in [0.15, 0.2) is 35.3 Å². The molecule has 2 fully saturated rings. The topological polar surface area (TPSA) is 49.3 Å². The number of piperidine rings is 2. The highest BCUT2D eigenvalue weighted by Gasteiger charge is 2.36. The molecule has 3 rings (SSSR count). The number of aliphatic imine (C=N–C) groups is 1. The van der Waals surface area contributed by atoms with Gasteiger partial charge >= 0.3 is 0 Å². The zero-order valence-corrected chi connectivity index (χ0v) is 20.9. The molecule has 0 radical (unpaired) electrons. The Labute approximate surface area is 199 Å². The van der Waals surface area contributed by atoms with E-state index in [2.05, 4.69) is 52.4 Å². The van der Waals surface area contributed by atoms with Gasteiger partial charge in [-0.3, -0.25) is 9.89 Å². The summed E-state index contributed by atoms with van der Waals surface area (Å²) in [7, 11) is 1.70. The van der Waals surface area contributed by atoms with Gasteiger partial charge in [-0.05, 0) is 44.2 Å². The fourth-order valence-corrected chi connectivity index (χ4v) is 4.60. The van der Waals surface area contributed by atoms with E-state index < -0.39 is 0 Å². The molecule has 0 bridgehead atoms. The lowest BCUT2D eigenvalue weighted by Crippen LogP contribution is -2.56. The van der Waals surface area contributed by atoms with Crippen LogP contribution in [0.1, 0.15) is 31.7 Å². The van der Waals surface area contributed by atoms with Crippen molar-refractivity contribution in [3.63, 3.8) is 0 Å². The summed E-state index contributed by atoms with van der Waals surface area (Å²) in [6, 6.07) is 11.6. The summed E-state index contributed by atoms with van der Waals surface area (Å²) in [5.41, 5.74) is 1.43. The maximum absolute atomic E-state index is 5.56. The van der Waals surface area contributed by atoms with E-state index in [9.17, 15) is 0 Å². The lowest BCUT2D eigenvalue weighted by molar-refractivity contribution is 0.0371. The minimum Gasteiger partial charge on any atom is -0.382 e. The Bertz CT molecular complexity index is 616. The molecular weight excluding hydrogens is 491 g/mol. The molecule has 2 aliphatic heterocycles. The fraction of sp³-hybridized carbons (Fsp3) is 0.696. The van der Waals surface area contributed by atoms with E-state index in [0.717, 1.165) is 38.1 Å². The second-order valence-corrected chi connectivity index (χ2v) is 8.00. The van der Waals surface area contributed by atoms with Crippen molar-refractivity contribution < 1.29 is 9.47 Å². The van der Waals surface area contributed by atoms with E-state index in [-0.39, 0.29) is 24.0 Å². The monoisotopic (exact) mass is 530 g/mol. The first kappa shape index (κ1) is 25.4. The standard InChI is InChI=1S/C23H38N4O2.HI/c1-3-24-23(25-12-15-29-17-16-28-2)27-14-11-22-21(19-27)10-7-13-26(22)18-20-8-5-4-6-9-20;/h4-6,8-9,21-22H,3,7,10-19H2,1-2H3,(H,24,25);1H. The minimum absolute atomic E-state index is 0. The SMILES string of the molecule is CCNC(=NCCOCCOC)N1CCC2C(CCCN2Cc2ccccc2)C1.I. The lowest BCUT2D eigenvalue weighted by atomic mass is 9.83. The van der Waals surface area contributed by atoms with Gasteiger partial charge in [0.2, 0.25) is 0 Å². The zero-order valence-electron chi connectivity index (χ0n) is 18.6. The second-order valence-electron chi connectivity index (χ2n) is 8.00. The first-order valence-electron chi connectivity index (χ1n) is 11.2. The van der Waals surface area contributed by atoms with Crippen molar-refractivity contribution in [3.05, 3.63) is 35.9 Å². The summed E-state index contributed by atoms with van der Waals surface area (Å²) in [6.07, 6.45) is 3.83. The largest absolute Gasteiger partial charge is 0.382 e. The van der Waals surface area contributed by atoms with Crippen LogP contribution in [0, 0.1) is 5.92 Å². The first-order valence-corrected chi connectivity index (χ1v) is 11.2. The molecule has 2 atom stereocenters. The normalized spacial score (nSPS) is 22.3. The molecule has 0 aliphatic carbocycles. The quantitative estimate of drug-likeness (QED) is 0.230. The van der Waals surface area contributed by atoms with Gasteiger partial charge in [-0.1, -0.05) is 30.3 Å². The van der Waals surface area contributed by atoms with Gasteiger partial charge in [-0.2, -0.15) is 0 Å². The molecule has 0 aromatic heterocycles. The third-order valence-electron chi connectivity index (χ3n) is 5.97. The number of halogens is 1. The highest BCUT2D eigenvalue weighted by molar-refractivity contribution is 14.0. The molecule has 1 aromatic rings. The minimum atomic E-state index is 0. The number of hydrogen-bond acceptors (Lipinski definition) is 4. The highest BCUT2D eigenvalue weighted by Crippen LogP contribution is 2.31. The number of hydrogen-bond donors (Lipinski definition) is 1. The Kier molecular flexibility index (Phi) is 12.0. The summed E-state index contributed by atoms with van der Waals surface area (Å²) in [5, 5.41) is 3.48. The van der Waals surface area contributed by atoms with Gasteiger partial charge in [0.05, 0.1) is 26.4 Å². The van der Waals surface area contributed by atoms with Crippen molar-refractivity contribution in [2.75, 3.05) is 59.7 Å². The molecule has 0 saturated carbocycles. The van der Waals surface area contributed by atoms with Crippen LogP contribution in [0.3, 0.4) is 0 Å². The van der Waals surface area contributed by atoms with Crippen molar-refractivity contribution in [3.8, 4) is 0 Å². The molecule has 1 N–H and O–H groups in total. The van der Waals surface area contributed by atoms with Crippen molar-refractivity contribution >= 4 is 29.9 Å². The van der Waals surface area contributed by atoms with E-state index >= 15 is 0 Å². The predicted molar refractivity (Wildman–Crippen MR) is 134 cm³/mol. The number of fused-ring (bicyclic) bond motifs is 1. The van der Waals surface area contributed by atoms with E-state index in [1.807, 2.05) is 0 Å². The van der Waals surface area contributed by atoms with Gasteiger partial charge < -0.3 is 19.7 Å². The molecule has 2 unspecified atom stereocenters. The van der Waals surface area contributed by atoms with Gasteiger partial charge in [0, 0.05) is 39.3 Å².